The van der Waals surface area contributed by atoms with Gasteiger partial charge >= 0.3 is 0 Å². The van der Waals surface area contributed by atoms with Gasteiger partial charge in [-0.25, -0.2) is 0 Å². The SMILES string of the molecule is COc1cc(CC(=O)Nc2ccc(C(C)(C)C)cc2)cc(OC)c1OC. The molecular formula is C21H27NO4. The fraction of sp³-hybridized carbons (Fsp3) is 0.381. The van der Waals surface area contributed by atoms with Crippen LogP contribution in [0.4, 0.5) is 5.69 Å². The van der Waals surface area contributed by atoms with Crippen molar-refractivity contribution in [2.75, 3.05) is 26.6 Å². The van der Waals surface area contributed by atoms with Crippen LogP contribution in [-0.2, 0) is 16.6 Å². The Hall–Kier alpha value is -2.69. The Labute approximate surface area is 155 Å². The summed E-state index contributed by atoms with van der Waals surface area (Å²) >= 11 is 0. The quantitative estimate of drug-likeness (QED) is 0.842. The maximum atomic E-state index is 12.4. The van der Waals surface area contributed by atoms with E-state index in [2.05, 4.69) is 26.1 Å². The number of anilines is 1. The Morgan fingerprint density at radius 2 is 1.46 bits per heavy atom. The fourth-order valence-corrected chi connectivity index (χ4v) is 2.68. The molecule has 0 heterocycles. The monoisotopic (exact) mass is 357 g/mol. The maximum absolute atomic E-state index is 12.4. The second-order valence-corrected chi connectivity index (χ2v) is 7.09. The lowest BCUT2D eigenvalue weighted by Crippen LogP contribution is -2.15. The molecule has 0 fully saturated rings. The average molecular weight is 357 g/mol. The highest BCUT2D eigenvalue weighted by molar-refractivity contribution is 5.92. The van der Waals surface area contributed by atoms with Gasteiger partial charge in [0.05, 0.1) is 27.8 Å². The molecule has 0 aliphatic rings. The van der Waals surface area contributed by atoms with Gasteiger partial charge in [-0.2, -0.15) is 0 Å². The molecule has 2 rings (SSSR count). The summed E-state index contributed by atoms with van der Waals surface area (Å²) in [6.45, 7) is 6.47. The third kappa shape index (κ3) is 4.69. The highest BCUT2D eigenvalue weighted by atomic mass is 16.5. The number of methoxy groups -OCH3 is 3. The van der Waals surface area contributed by atoms with Crippen LogP contribution in [0.3, 0.4) is 0 Å². The van der Waals surface area contributed by atoms with E-state index in [0.29, 0.717) is 17.2 Å². The van der Waals surface area contributed by atoms with Crippen molar-refractivity contribution >= 4 is 11.6 Å². The Kier molecular flexibility index (Phi) is 6.14. The Morgan fingerprint density at radius 3 is 1.88 bits per heavy atom. The molecule has 0 aromatic heterocycles. The zero-order valence-corrected chi connectivity index (χ0v) is 16.3. The lowest BCUT2D eigenvalue weighted by atomic mass is 9.87. The van der Waals surface area contributed by atoms with E-state index in [4.69, 9.17) is 14.2 Å². The van der Waals surface area contributed by atoms with Crippen molar-refractivity contribution in [3.05, 3.63) is 47.5 Å². The minimum Gasteiger partial charge on any atom is -0.493 e. The molecule has 0 bridgehead atoms. The molecular weight excluding hydrogens is 330 g/mol. The summed E-state index contributed by atoms with van der Waals surface area (Å²) in [7, 11) is 4.66. The topological polar surface area (TPSA) is 56.8 Å². The fourth-order valence-electron chi connectivity index (χ4n) is 2.68. The molecule has 5 nitrogen and oxygen atoms in total. The summed E-state index contributed by atoms with van der Waals surface area (Å²) in [5, 5.41) is 2.92. The molecule has 140 valence electrons. The molecule has 2 aromatic rings. The molecule has 0 radical (unpaired) electrons. The van der Waals surface area contributed by atoms with E-state index >= 15 is 0 Å². The molecule has 5 heteroatoms. The minimum atomic E-state index is -0.109. The van der Waals surface area contributed by atoms with E-state index in [1.807, 2.05) is 24.3 Å². The predicted octanol–water partition coefficient (Wildman–Crippen LogP) is 4.19. The molecule has 0 saturated heterocycles. The number of ether oxygens (including phenoxy) is 3. The Bertz CT molecular complexity index is 736. The third-order valence-corrected chi connectivity index (χ3v) is 4.12. The minimum absolute atomic E-state index is 0.0821. The Morgan fingerprint density at radius 1 is 0.923 bits per heavy atom. The summed E-state index contributed by atoms with van der Waals surface area (Å²) in [5.41, 5.74) is 2.86. The van der Waals surface area contributed by atoms with Crippen LogP contribution >= 0.6 is 0 Å². The Balaban J connectivity index is 2.12. The number of carbonyl (C=O) groups excluding carboxylic acids is 1. The van der Waals surface area contributed by atoms with E-state index in [1.54, 1.807) is 33.5 Å². The molecule has 0 aliphatic heterocycles. The van der Waals surface area contributed by atoms with E-state index in [1.165, 1.54) is 5.56 Å². The zero-order valence-electron chi connectivity index (χ0n) is 16.3. The van der Waals surface area contributed by atoms with Gasteiger partial charge in [-0.15, -0.1) is 0 Å². The van der Waals surface area contributed by atoms with Crippen molar-refractivity contribution in [3.63, 3.8) is 0 Å². The van der Waals surface area contributed by atoms with Crippen molar-refractivity contribution in [1.82, 2.24) is 0 Å². The first-order valence-electron chi connectivity index (χ1n) is 8.47. The van der Waals surface area contributed by atoms with Gasteiger partial charge in [0.25, 0.3) is 0 Å². The number of nitrogens with one attached hydrogen (secondary N) is 1. The molecule has 0 aliphatic carbocycles. The van der Waals surface area contributed by atoms with Gasteiger partial charge in [0.1, 0.15) is 0 Å². The highest BCUT2D eigenvalue weighted by Gasteiger charge is 2.16. The van der Waals surface area contributed by atoms with Gasteiger partial charge in [0, 0.05) is 5.69 Å². The van der Waals surface area contributed by atoms with Gasteiger partial charge in [0.15, 0.2) is 11.5 Å². The molecule has 26 heavy (non-hydrogen) atoms. The number of hydrogen-bond donors (Lipinski definition) is 1. The lowest BCUT2D eigenvalue weighted by Gasteiger charge is -2.19. The second-order valence-electron chi connectivity index (χ2n) is 7.09. The predicted molar refractivity (Wildman–Crippen MR) is 104 cm³/mol. The number of hydrogen-bond acceptors (Lipinski definition) is 4. The summed E-state index contributed by atoms with van der Waals surface area (Å²) in [4.78, 5) is 12.4. The summed E-state index contributed by atoms with van der Waals surface area (Å²) in [6, 6.07) is 11.5. The first-order valence-corrected chi connectivity index (χ1v) is 8.47. The molecule has 0 atom stereocenters. The molecule has 2 aromatic carbocycles. The standard InChI is InChI=1S/C21H27NO4/c1-21(2,3)15-7-9-16(10-8-15)22-19(23)13-14-11-17(24-4)20(26-6)18(12-14)25-5/h7-12H,13H2,1-6H3,(H,22,23). The van der Waals surface area contributed by atoms with Crippen LogP contribution in [0.2, 0.25) is 0 Å². The molecule has 0 spiro atoms. The van der Waals surface area contributed by atoms with Crippen LogP contribution in [0.1, 0.15) is 31.9 Å². The summed E-state index contributed by atoms with van der Waals surface area (Å²) < 4.78 is 16.0. The number of carbonyl (C=O) groups is 1. The van der Waals surface area contributed by atoms with Crippen LogP contribution in [0.5, 0.6) is 17.2 Å². The maximum Gasteiger partial charge on any atom is 0.228 e. The van der Waals surface area contributed by atoms with Gasteiger partial charge in [-0.1, -0.05) is 32.9 Å². The molecule has 1 amide bonds. The van der Waals surface area contributed by atoms with Crippen LogP contribution in [0, 0.1) is 0 Å². The average Bonchev–Trinajstić information content (AvgIpc) is 2.60. The van der Waals surface area contributed by atoms with Crippen molar-refractivity contribution < 1.29 is 19.0 Å². The highest BCUT2D eigenvalue weighted by Crippen LogP contribution is 2.38. The van der Waals surface area contributed by atoms with Crippen molar-refractivity contribution in [2.45, 2.75) is 32.6 Å². The number of rotatable bonds is 6. The van der Waals surface area contributed by atoms with E-state index < -0.39 is 0 Å². The number of benzene rings is 2. The first-order chi connectivity index (χ1) is 12.3. The number of amides is 1. The normalized spacial score (nSPS) is 11.0. The largest absolute Gasteiger partial charge is 0.493 e. The van der Waals surface area contributed by atoms with E-state index in [0.717, 1.165) is 11.3 Å². The molecule has 1 N–H and O–H groups in total. The summed E-state index contributed by atoms with van der Waals surface area (Å²) in [5.74, 6) is 1.47. The van der Waals surface area contributed by atoms with Gasteiger partial charge in [-0.05, 0) is 40.8 Å². The van der Waals surface area contributed by atoms with Gasteiger partial charge < -0.3 is 19.5 Å². The lowest BCUT2D eigenvalue weighted by molar-refractivity contribution is -0.115. The first kappa shape index (κ1) is 19.6. The van der Waals surface area contributed by atoms with Crippen molar-refractivity contribution in [2.24, 2.45) is 0 Å². The van der Waals surface area contributed by atoms with Crippen LogP contribution in [0.25, 0.3) is 0 Å². The van der Waals surface area contributed by atoms with Gasteiger partial charge in [-0.3, -0.25) is 4.79 Å². The van der Waals surface area contributed by atoms with Crippen molar-refractivity contribution in [1.29, 1.82) is 0 Å². The van der Waals surface area contributed by atoms with Gasteiger partial charge in [0.2, 0.25) is 11.7 Å². The molecule has 0 unspecified atom stereocenters. The van der Waals surface area contributed by atoms with Crippen LogP contribution in [0.15, 0.2) is 36.4 Å². The van der Waals surface area contributed by atoms with Crippen LogP contribution in [-0.4, -0.2) is 27.2 Å². The van der Waals surface area contributed by atoms with Crippen molar-refractivity contribution in [3.8, 4) is 17.2 Å². The smallest absolute Gasteiger partial charge is 0.228 e. The van der Waals surface area contributed by atoms with E-state index in [9.17, 15) is 4.79 Å². The third-order valence-electron chi connectivity index (χ3n) is 4.12. The second kappa shape index (κ2) is 8.13. The van der Waals surface area contributed by atoms with E-state index in [-0.39, 0.29) is 17.7 Å². The molecule has 0 saturated carbocycles. The summed E-state index contributed by atoms with van der Waals surface area (Å²) in [6.07, 6.45) is 0.206. The zero-order chi connectivity index (χ0) is 19.3. The van der Waals surface area contributed by atoms with Crippen LogP contribution < -0.4 is 19.5 Å².